The number of aromatic nitrogens is 1. The van der Waals surface area contributed by atoms with Crippen molar-refractivity contribution in [2.24, 2.45) is 7.05 Å². The van der Waals surface area contributed by atoms with E-state index in [1.54, 1.807) is 6.07 Å². The maximum atomic E-state index is 11.3. The molecule has 0 unspecified atom stereocenters. The van der Waals surface area contributed by atoms with Gasteiger partial charge in [-0.25, -0.2) is 4.79 Å². The normalized spacial score (nSPS) is 11.1. The van der Waals surface area contributed by atoms with Crippen molar-refractivity contribution in [1.82, 2.24) is 4.57 Å². The van der Waals surface area contributed by atoms with Gasteiger partial charge in [0.05, 0.1) is 11.1 Å². The molecule has 0 spiro atoms. The van der Waals surface area contributed by atoms with Crippen LogP contribution in [-0.4, -0.2) is 27.4 Å². The van der Waals surface area contributed by atoms with Gasteiger partial charge in [-0.3, -0.25) is 0 Å². The van der Waals surface area contributed by atoms with Crippen LogP contribution in [0, 0.1) is 6.92 Å². The first kappa shape index (κ1) is 12.6. The number of hydrogen-bond acceptors (Lipinski definition) is 2. The highest BCUT2D eigenvalue weighted by molar-refractivity contribution is 6.03. The molecule has 18 heavy (non-hydrogen) atoms. The molecule has 4 heteroatoms. The number of aromatic carboxylic acids is 1. The predicted octanol–water partition coefficient (Wildman–Crippen LogP) is 2.11. The van der Waals surface area contributed by atoms with Crippen molar-refractivity contribution in [3.8, 4) is 0 Å². The van der Waals surface area contributed by atoms with Gasteiger partial charge in [0.15, 0.2) is 0 Å². The molecule has 0 radical (unpaired) electrons. The smallest absolute Gasteiger partial charge is 0.337 e. The molecule has 0 atom stereocenters. The summed E-state index contributed by atoms with van der Waals surface area (Å²) in [5, 5.41) is 19.1. The lowest BCUT2D eigenvalue weighted by Gasteiger charge is -2.04. The van der Waals surface area contributed by atoms with Gasteiger partial charge in [0.2, 0.25) is 0 Å². The van der Waals surface area contributed by atoms with E-state index in [1.807, 2.05) is 30.8 Å². The summed E-state index contributed by atoms with van der Waals surface area (Å²) < 4.78 is 1.85. The van der Waals surface area contributed by atoms with Crippen molar-refractivity contribution < 1.29 is 15.0 Å². The first-order valence-corrected chi connectivity index (χ1v) is 5.97. The fourth-order valence-electron chi connectivity index (χ4n) is 2.40. The predicted molar refractivity (Wildman–Crippen MR) is 70.0 cm³/mol. The number of carboxylic acids is 1. The van der Waals surface area contributed by atoms with Gasteiger partial charge in [-0.15, -0.1) is 0 Å². The summed E-state index contributed by atoms with van der Waals surface area (Å²) >= 11 is 0. The summed E-state index contributed by atoms with van der Waals surface area (Å²) in [5.74, 6) is -0.904. The summed E-state index contributed by atoms with van der Waals surface area (Å²) in [5.41, 5.74) is 3.12. The zero-order valence-corrected chi connectivity index (χ0v) is 10.6. The van der Waals surface area contributed by atoms with Crippen LogP contribution in [0.3, 0.4) is 0 Å². The van der Waals surface area contributed by atoms with Gasteiger partial charge in [-0.1, -0.05) is 0 Å². The number of aryl methyl sites for hydroxylation is 3. The molecule has 0 aliphatic rings. The molecule has 2 N–H and O–H groups in total. The molecule has 0 fully saturated rings. The largest absolute Gasteiger partial charge is 0.478 e. The average Bonchev–Trinajstić information content (AvgIpc) is 2.62. The first-order chi connectivity index (χ1) is 8.54. The van der Waals surface area contributed by atoms with Crippen molar-refractivity contribution in [2.75, 3.05) is 6.61 Å². The second kappa shape index (κ2) is 4.82. The molecular formula is C14H17NO3. The van der Waals surface area contributed by atoms with Crippen molar-refractivity contribution in [3.63, 3.8) is 0 Å². The standard InChI is InChI=1S/C14H17NO3/c1-9-6-11-10(4-3-5-16)8-15(2)13(11)12(7-9)14(17)18/h6-8,16H,3-5H2,1-2H3,(H,17,18). The van der Waals surface area contributed by atoms with E-state index < -0.39 is 5.97 Å². The van der Waals surface area contributed by atoms with Crippen LogP contribution in [0.4, 0.5) is 0 Å². The number of benzene rings is 1. The van der Waals surface area contributed by atoms with Crippen molar-refractivity contribution in [3.05, 3.63) is 35.0 Å². The number of nitrogens with zero attached hydrogens (tertiary/aromatic N) is 1. The molecule has 0 bridgehead atoms. The molecule has 1 aromatic carbocycles. The van der Waals surface area contributed by atoms with E-state index in [2.05, 4.69) is 0 Å². The van der Waals surface area contributed by atoms with Crippen LogP contribution >= 0.6 is 0 Å². The van der Waals surface area contributed by atoms with Gasteiger partial charge in [0.25, 0.3) is 0 Å². The van der Waals surface area contributed by atoms with Gasteiger partial charge in [0, 0.05) is 25.2 Å². The molecule has 2 rings (SSSR count). The summed E-state index contributed by atoms with van der Waals surface area (Å²) in [6.45, 7) is 2.04. The van der Waals surface area contributed by atoms with Crippen LogP contribution < -0.4 is 0 Å². The Labute approximate surface area is 105 Å². The Morgan fingerprint density at radius 1 is 1.39 bits per heavy atom. The molecule has 96 valence electrons. The van der Waals surface area contributed by atoms with E-state index in [0.717, 1.165) is 28.5 Å². The average molecular weight is 247 g/mol. The minimum atomic E-state index is -0.904. The Hall–Kier alpha value is -1.81. The molecule has 2 aromatic rings. The van der Waals surface area contributed by atoms with Gasteiger partial charge in [0.1, 0.15) is 0 Å². The highest BCUT2D eigenvalue weighted by Crippen LogP contribution is 2.26. The lowest BCUT2D eigenvalue weighted by atomic mass is 10.0. The molecule has 0 aliphatic carbocycles. The zero-order chi connectivity index (χ0) is 13.3. The fourth-order valence-corrected chi connectivity index (χ4v) is 2.40. The van der Waals surface area contributed by atoms with Crippen molar-refractivity contribution >= 4 is 16.9 Å². The summed E-state index contributed by atoms with van der Waals surface area (Å²) in [6, 6.07) is 3.70. The molecule has 0 saturated heterocycles. The van der Waals surface area contributed by atoms with E-state index >= 15 is 0 Å². The number of rotatable bonds is 4. The van der Waals surface area contributed by atoms with Gasteiger partial charge < -0.3 is 14.8 Å². The SMILES string of the molecule is Cc1cc(C(=O)O)c2c(c1)c(CCCO)cn2C. The van der Waals surface area contributed by atoms with Gasteiger partial charge in [-0.2, -0.15) is 0 Å². The Kier molecular flexibility index (Phi) is 3.39. The summed E-state index contributed by atoms with van der Waals surface area (Å²) in [7, 11) is 1.85. The number of hydrogen-bond donors (Lipinski definition) is 2. The van der Waals surface area contributed by atoms with Gasteiger partial charge >= 0.3 is 5.97 Å². The van der Waals surface area contributed by atoms with Crippen molar-refractivity contribution in [2.45, 2.75) is 19.8 Å². The molecule has 1 aromatic heterocycles. The second-order valence-corrected chi connectivity index (χ2v) is 4.61. The minimum Gasteiger partial charge on any atom is -0.478 e. The highest BCUT2D eigenvalue weighted by atomic mass is 16.4. The molecule has 4 nitrogen and oxygen atoms in total. The molecule has 0 amide bonds. The Morgan fingerprint density at radius 2 is 2.11 bits per heavy atom. The minimum absolute atomic E-state index is 0.147. The van der Waals surface area contributed by atoms with Crippen LogP contribution in [0.25, 0.3) is 10.9 Å². The van der Waals surface area contributed by atoms with E-state index in [4.69, 9.17) is 5.11 Å². The van der Waals surface area contributed by atoms with E-state index in [1.165, 1.54) is 0 Å². The summed E-state index contributed by atoms with van der Waals surface area (Å²) in [4.78, 5) is 11.3. The number of fused-ring (bicyclic) bond motifs is 1. The van der Waals surface area contributed by atoms with Crippen molar-refractivity contribution in [1.29, 1.82) is 0 Å². The Morgan fingerprint density at radius 3 is 2.72 bits per heavy atom. The van der Waals surface area contributed by atoms with Crippen LogP contribution in [0.1, 0.15) is 27.9 Å². The number of aliphatic hydroxyl groups is 1. The quantitative estimate of drug-likeness (QED) is 0.869. The monoisotopic (exact) mass is 247 g/mol. The number of carbonyl (C=O) groups is 1. The van der Waals surface area contributed by atoms with Crippen LogP contribution in [0.2, 0.25) is 0 Å². The molecule has 1 heterocycles. The summed E-state index contributed by atoms with van der Waals surface area (Å²) in [6.07, 6.45) is 3.40. The molecule has 0 aliphatic heterocycles. The fraction of sp³-hybridized carbons (Fsp3) is 0.357. The third kappa shape index (κ3) is 2.11. The maximum absolute atomic E-state index is 11.3. The number of aliphatic hydroxyl groups excluding tert-OH is 1. The molecule has 0 saturated carbocycles. The maximum Gasteiger partial charge on any atom is 0.337 e. The Balaban J connectivity index is 2.67. The third-order valence-electron chi connectivity index (χ3n) is 3.14. The van der Waals surface area contributed by atoms with Gasteiger partial charge in [-0.05, 0) is 43.0 Å². The third-order valence-corrected chi connectivity index (χ3v) is 3.14. The van der Waals surface area contributed by atoms with Crippen LogP contribution in [-0.2, 0) is 13.5 Å². The number of carboxylic acid groups (broad SMARTS) is 1. The lowest BCUT2D eigenvalue weighted by molar-refractivity contribution is 0.0698. The van der Waals surface area contributed by atoms with E-state index in [0.29, 0.717) is 12.0 Å². The van der Waals surface area contributed by atoms with Crippen LogP contribution in [0.5, 0.6) is 0 Å². The lowest BCUT2D eigenvalue weighted by Crippen LogP contribution is -2.01. The second-order valence-electron chi connectivity index (χ2n) is 4.61. The topological polar surface area (TPSA) is 62.5 Å². The van der Waals surface area contributed by atoms with Crippen LogP contribution in [0.15, 0.2) is 18.3 Å². The zero-order valence-electron chi connectivity index (χ0n) is 10.6. The molecular weight excluding hydrogens is 230 g/mol. The Bertz CT molecular complexity index is 599. The highest BCUT2D eigenvalue weighted by Gasteiger charge is 2.15. The van der Waals surface area contributed by atoms with E-state index in [-0.39, 0.29) is 6.61 Å². The first-order valence-electron chi connectivity index (χ1n) is 5.97. The van der Waals surface area contributed by atoms with E-state index in [9.17, 15) is 9.90 Å².